The van der Waals surface area contributed by atoms with Gasteiger partial charge in [0.15, 0.2) is 11.6 Å². The van der Waals surface area contributed by atoms with Crippen molar-refractivity contribution in [2.45, 2.75) is 0 Å². The molecule has 6 heteroatoms. The second-order valence-electron chi connectivity index (χ2n) is 10.3. The van der Waals surface area contributed by atoms with Crippen LogP contribution in [0.3, 0.4) is 0 Å². The van der Waals surface area contributed by atoms with E-state index in [-0.39, 0.29) is 0 Å². The Morgan fingerprint density at radius 3 is 0.795 bits per heavy atom. The van der Waals surface area contributed by atoms with Crippen molar-refractivity contribution >= 4 is 57.2 Å². The van der Waals surface area contributed by atoms with Crippen LogP contribution in [0.2, 0.25) is 0 Å². The molecule has 8 rings (SSSR count). The molecule has 4 aromatic carbocycles. The van der Waals surface area contributed by atoms with E-state index in [1.165, 1.54) is 9.06 Å². The molecule has 44 heavy (non-hydrogen) atoms. The maximum absolute atomic E-state index is 5.04. The Labute approximate surface area is 262 Å². The maximum atomic E-state index is 5.04. The van der Waals surface area contributed by atoms with Crippen LogP contribution < -0.4 is 9.06 Å². The SMILES string of the molecule is c1ccc(C2=NC(=c3cc/c(=c4\ccc(=C5N=C(c6ccccc6)C(c6ccccc6)=N5)s4)s3)N=C2c2ccccc2)cc1. The summed E-state index contributed by atoms with van der Waals surface area (Å²) in [5.41, 5.74) is 7.84. The quantitative estimate of drug-likeness (QED) is 0.205. The second kappa shape index (κ2) is 11.4. The molecule has 0 fully saturated rings. The van der Waals surface area contributed by atoms with Gasteiger partial charge in [0.2, 0.25) is 0 Å². The molecule has 0 atom stereocenters. The summed E-state index contributed by atoms with van der Waals surface area (Å²) in [6.07, 6.45) is 0. The fraction of sp³-hybridized carbons (Fsp3) is 0. The zero-order valence-electron chi connectivity index (χ0n) is 23.5. The van der Waals surface area contributed by atoms with Crippen molar-refractivity contribution in [1.82, 2.24) is 0 Å². The third-order valence-corrected chi connectivity index (χ3v) is 9.76. The van der Waals surface area contributed by atoms with Gasteiger partial charge in [0.05, 0.1) is 31.9 Å². The molecule has 6 aromatic rings. The van der Waals surface area contributed by atoms with Crippen molar-refractivity contribution in [2.75, 3.05) is 0 Å². The van der Waals surface area contributed by atoms with E-state index >= 15 is 0 Å². The third kappa shape index (κ3) is 5.00. The number of rotatable bonds is 4. The summed E-state index contributed by atoms with van der Waals surface area (Å²) in [4.78, 5) is 20.2. The summed E-state index contributed by atoms with van der Waals surface area (Å²) >= 11 is 3.41. The third-order valence-electron chi connectivity index (χ3n) is 7.40. The van der Waals surface area contributed by atoms with Crippen LogP contribution in [0.1, 0.15) is 22.3 Å². The molecule has 0 radical (unpaired) electrons. The molecule has 2 aromatic heterocycles. The van der Waals surface area contributed by atoms with Crippen LogP contribution in [0, 0.1) is 9.06 Å². The van der Waals surface area contributed by atoms with Crippen LogP contribution >= 0.6 is 22.7 Å². The molecule has 0 unspecified atom stereocenters. The lowest BCUT2D eigenvalue weighted by Crippen LogP contribution is -2.13. The van der Waals surface area contributed by atoms with E-state index in [1.54, 1.807) is 22.7 Å². The standard InChI is InChI=1S/C38H24N4S2/c1-5-13-25(14-6-1)33-34(26-15-7-2-8-16-26)40-37(39-33)31-23-21-29(43-31)30-22-24-32(44-30)38-41-35(27-17-9-3-10-18-27)36(42-38)28-19-11-4-12-20-28/h1-24H/b30-29-. The van der Waals surface area contributed by atoms with Gasteiger partial charge in [-0.15, -0.1) is 22.7 Å². The predicted octanol–water partition coefficient (Wildman–Crippen LogP) is 7.21. The van der Waals surface area contributed by atoms with Crippen molar-refractivity contribution in [3.05, 3.63) is 186 Å². The van der Waals surface area contributed by atoms with Gasteiger partial charge in [-0.2, -0.15) is 0 Å². The molecule has 0 bridgehead atoms. The first-order chi connectivity index (χ1) is 21.8. The zero-order valence-corrected chi connectivity index (χ0v) is 25.1. The van der Waals surface area contributed by atoms with E-state index in [9.17, 15) is 0 Å². The highest BCUT2D eigenvalue weighted by Gasteiger charge is 2.22. The lowest BCUT2D eigenvalue weighted by atomic mass is 10.0. The summed E-state index contributed by atoms with van der Waals surface area (Å²) in [7, 11) is 0. The van der Waals surface area contributed by atoms with Crippen LogP contribution in [0.15, 0.2) is 166 Å². The summed E-state index contributed by atoms with van der Waals surface area (Å²) in [5, 5.41) is 0. The second-order valence-corrected chi connectivity index (χ2v) is 12.4. The van der Waals surface area contributed by atoms with Gasteiger partial charge in [0.25, 0.3) is 0 Å². The van der Waals surface area contributed by atoms with Gasteiger partial charge in [0.1, 0.15) is 0 Å². The number of nitrogens with zero attached hydrogens (tertiary/aromatic N) is 4. The van der Waals surface area contributed by atoms with Crippen LogP contribution in [0.4, 0.5) is 0 Å². The highest BCUT2D eigenvalue weighted by atomic mass is 32.1. The molecular formula is C38H24N4S2. The van der Waals surface area contributed by atoms with Crippen molar-refractivity contribution in [3.63, 3.8) is 0 Å². The Bertz CT molecular complexity index is 2060. The van der Waals surface area contributed by atoms with E-state index in [0.29, 0.717) is 0 Å². The predicted molar refractivity (Wildman–Crippen MR) is 184 cm³/mol. The Hall–Kier alpha value is -5.30. The molecule has 0 aliphatic carbocycles. The van der Waals surface area contributed by atoms with Crippen molar-refractivity contribution in [3.8, 4) is 0 Å². The summed E-state index contributed by atoms with van der Waals surface area (Å²) in [6.45, 7) is 0. The highest BCUT2D eigenvalue weighted by Crippen LogP contribution is 2.23. The van der Waals surface area contributed by atoms with E-state index in [0.717, 1.165) is 65.8 Å². The summed E-state index contributed by atoms with van der Waals surface area (Å²) < 4.78 is 4.41. The largest absolute Gasteiger partial charge is 0.225 e. The first-order valence-corrected chi connectivity index (χ1v) is 16.0. The van der Waals surface area contributed by atoms with Gasteiger partial charge in [-0.1, -0.05) is 121 Å². The first kappa shape index (κ1) is 26.3. The minimum absolute atomic E-state index is 0.745. The fourth-order valence-corrected chi connectivity index (χ4v) is 7.25. The Balaban J connectivity index is 1.26. The van der Waals surface area contributed by atoms with Gasteiger partial charge < -0.3 is 0 Å². The topological polar surface area (TPSA) is 49.4 Å². The van der Waals surface area contributed by atoms with E-state index in [2.05, 4.69) is 72.8 Å². The van der Waals surface area contributed by atoms with E-state index in [1.807, 2.05) is 72.8 Å². The molecule has 208 valence electrons. The molecule has 2 aliphatic rings. The molecule has 2 aliphatic heterocycles. The lowest BCUT2D eigenvalue weighted by molar-refractivity contribution is 1.46. The molecular weight excluding hydrogens is 577 g/mol. The van der Waals surface area contributed by atoms with Crippen molar-refractivity contribution in [1.29, 1.82) is 0 Å². The smallest absolute Gasteiger partial charge is 0.170 e. The molecule has 0 N–H and O–H groups in total. The van der Waals surface area contributed by atoms with E-state index in [4.69, 9.17) is 20.0 Å². The Morgan fingerprint density at radius 2 is 0.523 bits per heavy atom. The monoisotopic (exact) mass is 600 g/mol. The van der Waals surface area contributed by atoms with Crippen molar-refractivity contribution in [2.24, 2.45) is 20.0 Å². The van der Waals surface area contributed by atoms with Crippen molar-refractivity contribution < 1.29 is 0 Å². The van der Waals surface area contributed by atoms with Crippen LogP contribution in [-0.2, 0) is 0 Å². The molecule has 0 spiro atoms. The Morgan fingerprint density at radius 1 is 0.273 bits per heavy atom. The number of benzene rings is 4. The molecule has 0 saturated heterocycles. The molecule has 4 heterocycles. The van der Waals surface area contributed by atoms with E-state index < -0.39 is 0 Å². The van der Waals surface area contributed by atoms with Crippen LogP contribution in [0.5, 0.6) is 0 Å². The average molecular weight is 601 g/mol. The number of thiophene rings is 2. The lowest BCUT2D eigenvalue weighted by Gasteiger charge is -2.04. The van der Waals surface area contributed by atoms with Gasteiger partial charge in [0, 0.05) is 31.3 Å². The summed E-state index contributed by atoms with van der Waals surface area (Å²) in [5.74, 6) is 1.49. The molecule has 0 amide bonds. The van der Waals surface area contributed by atoms with Gasteiger partial charge >= 0.3 is 0 Å². The van der Waals surface area contributed by atoms with Crippen LogP contribution in [0.25, 0.3) is 11.6 Å². The first-order valence-electron chi connectivity index (χ1n) is 14.3. The van der Waals surface area contributed by atoms with Gasteiger partial charge in [-0.05, 0) is 24.3 Å². The summed E-state index contributed by atoms with van der Waals surface area (Å²) in [6, 6.07) is 49.7. The highest BCUT2D eigenvalue weighted by molar-refractivity contribution is 7.11. The fourth-order valence-electron chi connectivity index (χ4n) is 5.28. The maximum Gasteiger partial charge on any atom is 0.170 e. The molecule has 4 nitrogen and oxygen atoms in total. The molecule has 0 saturated carbocycles. The number of hydrogen-bond acceptors (Lipinski definition) is 6. The average Bonchev–Trinajstić information content (AvgIpc) is 3.92. The minimum Gasteiger partial charge on any atom is -0.225 e. The van der Waals surface area contributed by atoms with Gasteiger partial charge in [-0.3, -0.25) is 0 Å². The Kier molecular flexibility index (Phi) is 6.83. The van der Waals surface area contributed by atoms with Gasteiger partial charge in [-0.25, -0.2) is 20.0 Å². The van der Waals surface area contributed by atoms with Crippen LogP contribution in [-0.4, -0.2) is 22.8 Å². The minimum atomic E-state index is 0.745. The normalized spacial score (nSPS) is 15.2. The number of aliphatic imine (C=N–C) groups is 4. The zero-order chi connectivity index (χ0) is 29.3. The number of hydrogen-bond donors (Lipinski definition) is 0.